The van der Waals surface area contributed by atoms with Gasteiger partial charge in [0.25, 0.3) is 0 Å². The van der Waals surface area contributed by atoms with Crippen LogP contribution in [0.2, 0.25) is 0 Å². The molecule has 186 valence electrons. The Hall–Kier alpha value is -3.17. The molecule has 1 fully saturated rings. The summed E-state index contributed by atoms with van der Waals surface area (Å²) in [5, 5.41) is 4.60. The van der Waals surface area contributed by atoms with Crippen molar-refractivity contribution in [3.05, 3.63) is 46.1 Å². The molecule has 1 saturated heterocycles. The van der Waals surface area contributed by atoms with Crippen molar-refractivity contribution in [2.75, 3.05) is 38.0 Å². The fourth-order valence-electron chi connectivity index (χ4n) is 5.48. The molecule has 1 atom stereocenters. The lowest BCUT2D eigenvalue weighted by atomic mass is 9.86. The molecule has 3 aromatic rings. The number of hydrogen-bond donors (Lipinski definition) is 1. The van der Waals surface area contributed by atoms with E-state index in [9.17, 15) is 9.59 Å². The third-order valence-electron chi connectivity index (χ3n) is 7.57. The number of hydrogen-bond acceptors (Lipinski definition) is 8. The molecular weight excluding hydrogens is 472 g/mol. The van der Waals surface area contributed by atoms with E-state index in [4.69, 9.17) is 0 Å². The Morgan fingerprint density at radius 3 is 2.86 bits per heavy atom. The van der Waals surface area contributed by atoms with E-state index >= 15 is 0 Å². The van der Waals surface area contributed by atoms with E-state index < -0.39 is 0 Å². The molecule has 2 aromatic heterocycles. The van der Waals surface area contributed by atoms with Crippen molar-refractivity contribution in [1.29, 1.82) is 0 Å². The highest BCUT2D eigenvalue weighted by molar-refractivity contribution is 7.19. The van der Waals surface area contributed by atoms with Crippen molar-refractivity contribution in [1.82, 2.24) is 19.8 Å². The second-order valence-corrected chi connectivity index (χ2v) is 10.9. The minimum atomic E-state index is 0.00903. The Kier molecular flexibility index (Phi) is 6.27. The van der Waals surface area contributed by atoms with Crippen molar-refractivity contribution in [3.8, 4) is 0 Å². The standard InChI is InChI=1S/C27H30N6O2S/c1-2-21(34)15-32-7-9-33(10-8-32)27(35)17-4-6-22-23(12-17)36-26-24(22)25(29-16-30-26)31-20-5-3-18-13-28-14-19(18)11-20/h3,5,11,14,16-17H,2,4,6-10,12-13,15H2,1H3,(H,29,30,31). The van der Waals surface area contributed by atoms with Crippen LogP contribution in [0.15, 0.2) is 29.5 Å². The molecule has 4 heterocycles. The Morgan fingerprint density at radius 1 is 1.17 bits per heavy atom. The predicted molar refractivity (Wildman–Crippen MR) is 142 cm³/mol. The average molecular weight is 503 g/mol. The average Bonchev–Trinajstić information content (AvgIpc) is 3.52. The molecule has 0 radical (unpaired) electrons. The van der Waals surface area contributed by atoms with Crippen LogP contribution in [-0.2, 0) is 29.0 Å². The molecule has 1 N–H and O–H groups in total. The maximum Gasteiger partial charge on any atom is 0.226 e. The van der Waals surface area contributed by atoms with E-state index in [1.165, 1.54) is 16.0 Å². The first-order valence-corrected chi connectivity index (χ1v) is 13.6. The molecule has 0 saturated carbocycles. The number of ketones is 1. The van der Waals surface area contributed by atoms with Crippen molar-refractivity contribution in [2.45, 2.75) is 39.2 Å². The van der Waals surface area contributed by atoms with Gasteiger partial charge >= 0.3 is 0 Å². The third-order valence-corrected chi connectivity index (χ3v) is 8.74. The number of aliphatic imine (C=N–C) groups is 1. The van der Waals surface area contributed by atoms with Crippen molar-refractivity contribution >= 4 is 51.0 Å². The van der Waals surface area contributed by atoms with Gasteiger partial charge < -0.3 is 10.2 Å². The van der Waals surface area contributed by atoms with Crippen LogP contribution in [0, 0.1) is 5.92 Å². The van der Waals surface area contributed by atoms with E-state index in [-0.39, 0.29) is 17.6 Å². The Balaban J connectivity index is 1.16. The van der Waals surface area contributed by atoms with E-state index in [2.05, 4.69) is 43.4 Å². The van der Waals surface area contributed by atoms with Gasteiger partial charge in [-0.15, -0.1) is 11.3 Å². The smallest absolute Gasteiger partial charge is 0.226 e. The molecule has 2 aliphatic heterocycles. The van der Waals surface area contributed by atoms with Crippen molar-refractivity contribution in [2.24, 2.45) is 10.9 Å². The molecule has 0 spiro atoms. The lowest BCUT2D eigenvalue weighted by Gasteiger charge is -2.36. The SMILES string of the molecule is CCC(=O)CN1CCN(C(=O)C2CCc3c(sc4ncnc(Nc5ccc6c(c5)C=NC6)c34)C2)CC1. The van der Waals surface area contributed by atoms with Crippen LogP contribution in [0.3, 0.4) is 0 Å². The number of fused-ring (bicyclic) bond motifs is 4. The zero-order valence-electron chi connectivity index (χ0n) is 20.5. The quantitative estimate of drug-likeness (QED) is 0.554. The van der Waals surface area contributed by atoms with Crippen molar-refractivity contribution < 1.29 is 9.59 Å². The summed E-state index contributed by atoms with van der Waals surface area (Å²) in [6.07, 6.45) is 6.57. The normalized spacial score (nSPS) is 19.4. The summed E-state index contributed by atoms with van der Waals surface area (Å²) in [6, 6.07) is 6.31. The number of aryl methyl sites for hydroxylation is 1. The largest absolute Gasteiger partial charge is 0.340 e. The van der Waals surface area contributed by atoms with E-state index in [0.29, 0.717) is 26.1 Å². The first-order valence-electron chi connectivity index (χ1n) is 12.8. The van der Waals surface area contributed by atoms with Crippen LogP contribution in [-0.4, -0.2) is 70.4 Å². The molecular formula is C27H30N6O2S. The number of piperazine rings is 1. The maximum absolute atomic E-state index is 13.4. The lowest BCUT2D eigenvalue weighted by Crippen LogP contribution is -2.51. The minimum Gasteiger partial charge on any atom is -0.340 e. The number of nitrogens with zero attached hydrogens (tertiary/aromatic N) is 5. The highest BCUT2D eigenvalue weighted by atomic mass is 32.1. The fraction of sp³-hybridized carbons (Fsp3) is 0.444. The van der Waals surface area contributed by atoms with Gasteiger partial charge in [0.05, 0.1) is 18.5 Å². The fourth-order valence-corrected chi connectivity index (χ4v) is 6.74. The van der Waals surface area contributed by atoms with Gasteiger partial charge in [-0.1, -0.05) is 13.0 Å². The van der Waals surface area contributed by atoms with Crippen LogP contribution >= 0.6 is 11.3 Å². The van der Waals surface area contributed by atoms with E-state index in [0.717, 1.165) is 66.2 Å². The molecule has 3 aliphatic rings. The number of amides is 1. The van der Waals surface area contributed by atoms with Gasteiger partial charge in [-0.2, -0.15) is 0 Å². The summed E-state index contributed by atoms with van der Waals surface area (Å²) in [5.74, 6) is 1.36. The Labute approximate surface area is 214 Å². The molecule has 1 unspecified atom stereocenters. The molecule has 1 aliphatic carbocycles. The first kappa shape index (κ1) is 23.2. The number of rotatable bonds is 6. The minimum absolute atomic E-state index is 0.00903. The number of aromatic nitrogens is 2. The summed E-state index contributed by atoms with van der Waals surface area (Å²) >= 11 is 1.69. The second kappa shape index (κ2) is 9.71. The monoisotopic (exact) mass is 502 g/mol. The zero-order valence-corrected chi connectivity index (χ0v) is 21.3. The zero-order chi connectivity index (χ0) is 24.6. The summed E-state index contributed by atoms with van der Waals surface area (Å²) in [4.78, 5) is 45.0. The summed E-state index contributed by atoms with van der Waals surface area (Å²) in [5.41, 5.74) is 4.67. The van der Waals surface area contributed by atoms with Crippen LogP contribution in [0.25, 0.3) is 10.2 Å². The molecule has 0 bridgehead atoms. The number of carbonyl (C=O) groups is 2. The highest BCUT2D eigenvalue weighted by Gasteiger charge is 2.33. The van der Waals surface area contributed by atoms with Crippen LogP contribution in [0.4, 0.5) is 11.5 Å². The first-order chi connectivity index (χ1) is 17.6. The Morgan fingerprint density at radius 2 is 2.03 bits per heavy atom. The molecule has 8 nitrogen and oxygen atoms in total. The van der Waals surface area contributed by atoms with Gasteiger partial charge in [-0.3, -0.25) is 19.5 Å². The molecule has 1 amide bonds. The summed E-state index contributed by atoms with van der Waals surface area (Å²) in [6.45, 7) is 6.12. The van der Waals surface area contributed by atoms with Crippen LogP contribution < -0.4 is 5.32 Å². The van der Waals surface area contributed by atoms with Gasteiger partial charge in [0.1, 0.15) is 22.8 Å². The number of nitrogens with one attached hydrogen (secondary N) is 1. The summed E-state index contributed by atoms with van der Waals surface area (Å²) in [7, 11) is 0. The van der Waals surface area contributed by atoms with Crippen LogP contribution in [0.5, 0.6) is 0 Å². The number of carbonyl (C=O) groups excluding carboxylic acids is 2. The number of Topliss-reactive ketones (excluding diaryl/α,β-unsaturated/α-hetero) is 1. The topological polar surface area (TPSA) is 90.8 Å². The van der Waals surface area contributed by atoms with E-state index in [1.807, 2.05) is 18.0 Å². The van der Waals surface area contributed by atoms with Crippen molar-refractivity contribution in [3.63, 3.8) is 0 Å². The summed E-state index contributed by atoms with van der Waals surface area (Å²) < 4.78 is 0. The molecule has 6 rings (SSSR count). The highest BCUT2D eigenvalue weighted by Crippen LogP contribution is 2.41. The third kappa shape index (κ3) is 4.41. The lowest BCUT2D eigenvalue weighted by molar-refractivity contribution is -0.137. The molecule has 9 heteroatoms. The molecule has 1 aromatic carbocycles. The van der Waals surface area contributed by atoms with E-state index in [1.54, 1.807) is 17.7 Å². The number of benzene rings is 1. The van der Waals surface area contributed by atoms with Gasteiger partial charge in [-0.05, 0) is 48.1 Å². The number of thiophene rings is 1. The Bertz CT molecular complexity index is 1360. The predicted octanol–water partition coefficient (Wildman–Crippen LogP) is 3.60. The van der Waals surface area contributed by atoms with Gasteiger partial charge in [0.15, 0.2) is 0 Å². The van der Waals surface area contributed by atoms with Crippen LogP contribution in [0.1, 0.15) is 41.3 Å². The maximum atomic E-state index is 13.4. The van der Waals surface area contributed by atoms with Gasteiger partial charge in [0.2, 0.25) is 5.91 Å². The van der Waals surface area contributed by atoms with Gasteiger partial charge in [-0.25, -0.2) is 9.97 Å². The molecule has 36 heavy (non-hydrogen) atoms. The second-order valence-electron chi connectivity index (χ2n) is 9.85. The number of anilines is 2. The van der Waals surface area contributed by atoms with Gasteiger partial charge in [0, 0.05) is 55.3 Å².